The second kappa shape index (κ2) is 10.2. The Morgan fingerprint density at radius 1 is 1.43 bits per heavy atom. The van der Waals surface area contributed by atoms with E-state index in [2.05, 4.69) is 22.0 Å². The van der Waals surface area contributed by atoms with Crippen molar-refractivity contribution in [3.05, 3.63) is 72.4 Å². The lowest BCUT2D eigenvalue weighted by Crippen LogP contribution is -2.21. The highest BCUT2D eigenvalue weighted by atomic mass is 19.3. The third-order valence-corrected chi connectivity index (χ3v) is 4.20. The Bertz CT molecular complexity index is 981. The number of amides is 1. The number of hydrogen-bond donors (Lipinski definition) is 3. The van der Waals surface area contributed by atoms with Crippen molar-refractivity contribution in [2.75, 3.05) is 5.32 Å². The fourth-order valence-electron chi connectivity index (χ4n) is 2.41. The van der Waals surface area contributed by atoms with Crippen molar-refractivity contribution in [1.82, 2.24) is 14.8 Å². The molecule has 7 nitrogen and oxygen atoms in total. The first kappa shape index (κ1) is 22.7. The number of aromatic nitrogens is 3. The Morgan fingerprint density at radius 2 is 2.17 bits per heavy atom. The summed E-state index contributed by atoms with van der Waals surface area (Å²) >= 11 is 0. The molecule has 0 aromatic carbocycles. The summed E-state index contributed by atoms with van der Waals surface area (Å²) in [5.41, 5.74) is 1.24. The molecule has 3 N–H and O–H groups in total. The van der Waals surface area contributed by atoms with E-state index in [1.807, 2.05) is 0 Å². The monoisotopic (exact) mass is 415 g/mol. The highest BCUT2D eigenvalue weighted by molar-refractivity contribution is 6.46. The van der Waals surface area contributed by atoms with Gasteiger partial charge in [-0.2, -0.15) is 5.10 Å². The number of rotatable bonds is 9. The maximum Gasteiger partial charge on any atom is 0.273 e. The van der Waals surface area contributed by atoms with E-state index in [0.29, 0.717) is 17.0 Å². The third-order valence-electron chi connectivity index (χ3n) is 4.20. The number of aliphatic hydroxyl groups excluding tert-OH is 1. The van der Waals surface area contributed by atoms with Crippen molar-refractivity contribution in [3.63, 3.8) is 0 Å². The Labute approximate surface area is 173 Å². The van der Waals surface area contributed by atoms with Crippen LogP contribution in [0.2, 0.25) is 0 Å². The second-order valence-electron chi connectivity index (χ2n) is 6.50. The maximum atomic E-state index is 12.3. The largest absolute Gasteiger partial charge is 0.506 e. The SMILES string of the molecule is C=C(/C=C\CC(F)F)C(C)n1cc(NC(=O)C(=N)/C=C(\O)c2ccccn2)c(C)n1. The molecule has 30 heavy (non-hydrogen) atoms. The van der Waals surface area contributed by atoms with Gasteiger partial charge >= 0.3 is 0 Å². The van der Waals surface area contributed by atoms with E-state index in [1.165, 1.54) is 18.3 Å². The molecular weight excluding hydrogens is 392 g/mol. The first-order valence-corrected chi connectivity index (χ1v) is 9.10. The predicted octanol–water partition coefficient (Wildman–Crippen LogP) is 4.47. The van der Waals surface area contributed by atoms with Crippen LogP contribution in [0.25, 0.3) is 5.76 Å². The molecule has 1 unspecified atom stereocenters. The maximum absolute atomic E-state index is 12.3. The number of hydrogen-bond acceptors (Lipinski definition) is 5. The number of carbonyl (C=O) groups excluding carboxylic acids is 1. The molecule has 9 heteroatoms. The van der Waals surface area contributed by atoms with Gasteiger partial charge in [-0.3, -0.25) is 19.9 Å². The summed E-state index contributed by atoms with van der Waals surface area (Å²) < 4.78 is 26.0. The molecule has 2 rings (SSSR count). The average Bonchev–Trinajstić information content (AvgIpc) is 3.07. The predicted molar refractivity (Wildman–Crippen MR) is 112 cm³/mol. The molecule has 0 saturated heterocycles. The van der Waals surface area contributed by atoms with Crippen molar-refractivity contribution in [2.24, 2.45) is 0 Å². The zero-order valence-electron chi connectivity index (χ0n) is 16.6. The van der Waals surface area contributed by atoms with E-state index < -0.39 is 18.0 Å². The fourth-order valence-corrected chi connectivity index (χ4v) is 2.41. The molecule has 0 fully saturated rings. The average molecular weight is 415 g/mol. The zero-order valence-corrected chi connectivity index (χ0v) is 16.6. The molecule has 0 radical (unpaired) electrons. The van der Waals surface area contributed by atoms with E-state index in [4.69, 9.17) is 5.41 Å². The lowest BCUT2D eigenvalue weighted by molar-refractivity contribution is -0.110. The molecular formula is C21H23F2N5O2. The van der Waals surface area contributed by atoms with Crippen molar-refractivity contribution < 1.29 is 18.7 Å². The molecule has 2 heterocycles. The summed E-state index contributed by atoms with van der Waals surface area (Å²) in [5, 5.41) is 24.8. The molecule has 0 saturated carbocycles. The lowest BCUT2D eigenvalue weighted by Gasteiger charge is -2.12. The smallest absolute Gasteiger partial charge is 0.273 e. The summed E-state index contributed by atoms with van der Waals surface area (Å²) in [6, 6.07) is 4.58. The van der Waals surface area contributed by atoms with E-state index in [1.54, 1.807) is 42.9 Å². The summed E-state index contributed by atoms with van der Waals surface area (Å²) in [6.07, 6.45) is 4.16. The van der Waals surface area contributed by atoms with Crippen molar-refractivity contribution >= 4 is 23.1 Å². The Hall–Kier alpha value is -3.62. The Morgan fingerprint density at radius 3 is 2.80 bits per heavy atom. The number of pyridine rings is 1. The van der Waals surface area contributed by atoms with Crippen LogP contribution in [0.15, 0.2) is 61.0 Å². The van der Waals surface area contributed by atoms with Crippen LogP contribution in [0.5, 0.6) is 0 Å². The van der Waals surface area contributed by atoms with Crippen molar-refractivity contribution in [2.45, 2.75) is 32.7 Å². The highest BCUT2D eigenvalue weighted by Gasteiger charge is 2.16. The van der Waals surface area contributed by atoms with Crippen LogP contribution < -0.4 is 5.32 Å². The molecule has 0 aliphatic carbocycles. The van der Waals surface area contributed by atoms with Crippen LogP contribution >= 0.6 is 0 Å². The number of alkyl halides is 2. The topological polar surface area (TPSA) is 104 Å². The van der Waals surface area contributed by atoms with Gasteiger partial charge in [0.25, 0.3) is 5.91 Å². The summed E-state index contributed by atoms with van der Waals surface area (Å²) in [7, 11) is 0. The molecule has 0 bridgehead atoms. The molecule has 1 amide bonds. The number of aliphatic hydroxyl groups is 1. The van der Waals surface area contributed by atoms with Crippen molar-refractivity contribution in [1.29, 1.82) is 5.41 Å². The minimum atomic E-state index is -2.42. The highest BCUT2D eigenvalue weighted by Crippen LogP contribution is 2.21. The van der Waals surface area contributed by atoms with Gasteiger partial charge in [0.2, 0.25) is 6.43 Å². The van der Waals surface area contributed by atoms with Crippen LogP contribution in [-0.2, 0) is 4.79 Å². The Kier molecular flexibility index (Phi) is 7.74. The molecule has 0 spiro atoms. The Balaban J connectivity index is 2.06. The number of aryl methyl sites for hydroxylation is 1. The summed E-state index contributed by atoms with van der Waals surface area (Å²) in [6.45, 7) is 7.34. The van der Waals surface area contributed by atoms with Gasteiger partial charge < -0.3 is 10.4 Å². The molecule has 2 aromatic rings. The van der Waals surface area contributed by atoms with Gasteiger partial charge in [0, 0.05) is 24.9 Å². The van der Waals surface area contributed by atoms with Gasteiger partial charge in [-0.05, 0) is 31.6 Å². The van der Waals surface area contributed by atoms with Crippen LogP contribution in [0.3, 0.4) is 0 Å². The van der Waals surface area contributed by atoms with Gasteiger partial charge in [-0.15, -0.1) is 0 Å². The normalized spacial score (nSPS) is 12.9. The van der Waals surface area contributed by atoms with Gasteiger partial charge in [-0.25, -0.2) is 8.78 Å². The van der Waals surface area contributed by atoms with Gasteiger partial charge in [0.05, 0.1) is 17.4 Å². The van der Waals surface area contributed by atoms with Crippen molar-refractivity contribution in [3.8, 4) is 0 Å². The van der Waals surface area contributed by atoms with E-state index >= 15 is 0 Å². The number of halogens is 2. The van der Waals surface area contributed by atoms with E-state index in [9.17, 15) is 18.7 Å². The van der Waals surface area contributed by atoms with E-state index in [-0.39, 0.29) is 23.9 Å². The van der Waals surface area contributed by atoms with Crippen LogP contribution in [-0.4, -0.2) is 37.9 Å². The fraction of sp³-hybridized carbons (Fsp3) is 0.238. The summed E-state index contributed by atoms with van der Waals surface area (Å²) in [5.74, 6) is -1.04. The van der Waals surface area contributed by atoms with Gasteiger partial charge in [0.1, 0.15) is 17.2 Å². The molecule has 158 valence electrons. The number of carbonyl (C=O) groups is 1. The first-order chi connectivity index (χ1) is 14.2. The van der Waals surface area contributed by atoms with Crippen LogP contribution in [0, 0.1) is 12.3 Å². The quantitative estimate of drug-likeness (QED) is 0.319. The van der Waals surface area contributed by atoms with Gasteiger partial charge in [-0.1, -0.05) is 24.8 Å². The molecule has 1 atom stereocenters. The molecule has 0 aliphatic heterocycles. The minimum absolute atomic E-state index is 0.242. The standard InChI is InChI=1S/C21H23F2N5O2/c1-13(7-6-9-20(22)23)15(3)28-12-18(14(2)27-28)26-21(30)16(24)11-19(29)17-8-4-5-10-25-17/h4-8,10-12,15,20,24,29H,1,9H2,2-3H3,(H,26,30)/b7-6-,19-11-,24-16?. The minimum Gasteiger partial charge on any atom is -0.506 e. The third kappa shape index (κ3) is 6.20. The number of allylic oxidation sites excluding steroid dienone is 3. The first-order valence-electron chi connectivity index (χ1n) is 9.10. The van der Waals surface area contributed by atoms with Gasteiger partial charge in [0.15, 0.2) is 0 Å². The summed E-state index contributed by atoms with van der Waals surface area (Å²) in [4.78, 5) is 16.2. The molecule has 2 aromatic heterocycles. The van der Waals surface area contributed by atoms with E-state index in [0.717, 1.165) is 6.08 Å². The van der Waals surface area contributed by atoms with Crippen LogP contribution in [0.1, 0.15) is 30.8 Å². The number of anilines is 1. The van der Waals surface area contributed by atoms with Crippen LogP contribution in [0.4, 0.5) is 14.5 Å². The number of nitrogens with one attached hydrogen (secondary N) is 2. The second-order valence-corrected chi connectivity index (χ2v) is 6.50. The molecule has 0 aliphatic rings. The lowest BCUT2D eigenvalue weighted by atomic mass is 10.1. The number of nitrogens with zero attached hydrogens (tertiary/aromatic N) is 3. The zero-order chi connectivity index (χ0) is 22.3.